The average molecular weight is 390 g/mol. The molecule has 0 atom stereocenters. The summed E-state index contributed by atoms with van der Waals surface area (Å²) in [5.41, 5.74) is 0. The first kappa shape index (κ1) is 22.4. The Hall–Kier alpha value is -1.89. The molecule has 1 aliphatic heterocycles. The third-order valence-electron chi connectivity index (χ3n) is 4.95. The van der Waals surface area contributed by atoms with E-state index < -0.39 is 0 Å². The summed E-state index contributed by atoms with van der Waals surface area (Å²) in [5, 5.41) is 6.81. The minimum Gasteiger partial charge on any atom is -0.357 e. The Kier molecular flexibility index (Phi) is 10.7. The molecule has 1 fully saturated rings. The van der Waals surface area contributed by atoms with Crippen LogP contribution < -0.4 is 15.5 Å². The van der Waals surface area contributed by atoms with Crippen molar-refractivity contribution in [3.05, 3.63) is 18.5 Å². The Morgan fingerprint density at radius 1 is 1.07 bits per heavy atom. The number of rotatable bonds is 11. The molecule has 0 unspecified atom stereocenters. The minimum atomic E-state index is 0.795. The molecule has 7 nitrogen and oxygen atoms in total. The highest BCUT2D eigenvalue weighted by atomic mass is 15.3. The van der Waals surface area contributed by atoms with Gasteiger partial charge in [0.2, 0.25) is 5.95 Å². The maximum absolute atomic E-state index is 4.73. The standard InChI is InChI=1S/C21H39N7/c1-4-22-20(23-10-6-5-9-19(2)3)24-13-8-14-27-15-17-28(18-16-27)21-25-11-7-12-26-21/h7,11-12,19H,4-6,8-10,13-18H2,1-3H3,(H2,22,23,24). The largest absolute Gasteiger partial charge is 0.357 e. The zero-order valence-electron chi connectivity index (χ0n) is 18.0. The van der Waals surface area contributed by atoms with E-state index in [1.165, 1.54) is 19.3 Å². The van der Waals surface area contributed by atoms with Gasteiger partial charge < -0.3 is 15.5 Å². The zero-order chi connectivity index (χ0) is 20.0. The van der Waals surface area contributed by atoms with Crippen LogP contribution in [-0.2, 0) is 0 Å². The molecule has 1 aromatic rings. The predicted octanol–water partition coefficient (Wildman–Crippen LogP) is 2.37. The maximum Gasteiger partial charge on any atom is 0.225 e. The molecule has 2 N–H and O–H groups in total. The molecule has 1 aromatic heterocycles. The van der Waals surface area contributed by atoms with E-state index in [2.05, 4.69) is 51.2 Å². The fraction of sp³-hybridized carbons (Fsp3) is 0.762. The topological polar surface area (TPSA) is 68.7 Å². The highest BCUT2D eigenvalue weighted by Gasteiger charge is 2.18. The van der Waals surface area contributed by atoms with Crippen LogP contribution >= 0.6 is 0 Å². The van der Waals surface area contributed by atoms with E-state index in [9.17, 15) is 0 Å². The SMILES string of the molecule is CCNC(=NCCCN1CCN(c2ncccn2)CC1)NCCCCC(C)C. The van der Waals surface area contributed by atoms with Crippen LogP contribution in [0.1, 0.15) is 46.5 Å². The summed E-state index contributed by atoms with van der Waals surface area (Å²) in [6.45, 7) is 14.7. The van der Waals surface area contributed by atoms with Crippen LogP contribution in [0.3, 0.4) is 0 Å². The monoisotopic (exact) mass is 389 g/mol. The van der Waals surface area contributed by atoms with Crippen LogP contribution in [0.25, 0.3) is 0 Å². The molecule has 0 saturated carbocycles. The number of nitrogens with one attached hydrogen (secondary N) is 2. The Morgan fingerprint density at radius 3 is 2.50 bits per heavy atom. The lowest BCUT2D eigenvalue weighted by atomic mass is 10.1. The first-order valence-electron chi connectivity index (χ1n) is 11.0. The van der Waals surface area contributed by atoms with E-state index in [1.54, 1.807) is 0 Å². The molecule has 0 bridgehead atoms. The highest BCUT2D eigenvalue weighted by Crippen LogP contribution is 2.09. The number of piperazine rings is 1. The number of unbranched alkanes of at least 4 members (excludes halogenated alkanes) is 1. The Balaban J connectivity index is 1.60. The van der Waals surface area contributed by atoms with Gasteiger partial charge in [-0.25, -0.2) is 9.97 Å². The summed E-state index contributed by atoms with van der Waals surface area (Å²) in [6, 6.07) is 1.86. The van der Waals surface area contributed by atoms with Gasteiger partial charge in [-0.3, -0.25) is 9.89 Å². The third-order valence-corrected chi connectivity index (χ3v) is 4.95. The molecule has 7 heteroatoms. The van der Waals surface area contributed by atoms with Crippen molar-refractivity contribution in [1.82, 2.24) is 25.5 Å². The molecular formula is C21H39N7. The number of hydrogen-bond donors (Lipinski definition) is 2. The second kappa shape index (κ2) is 13.3. The third kappa shape index (κ3) is 8.87. The lowest BCUT2D eigenvalue weighted by molar-refractivity contribution is 0.255. The van der Waals surface area contributed by atoms with E-state index in [0.717, 1.165) is 76.6 Å². The van der Waals surface area contributed by atoms with E-state index in [1.807, 2.05) is 18.5 Å². The number of aliphatic imine (C=N–C) groups is 1. The Morgan fingerprint density at radius 2 is 1.82 bits per heavy atom. The van der Waals surface area contributed by atoms with E-state index in [4.69, 9.17) is 4.99 Å². The van der Waals surface area contributed by atoms with Gasteiger partial charge in [0.25, 0.3) is 0 Å². The predicted molar refractivity (Wildman–Crippen MR) is 118 cm³/mol. The van der Waals surface area contributed by atoms with Gasteiger partial charge in [0, 0.05) is 64.8 Å². The second-order valence-corrected chi connectivity index (χ2v) is 7.81. The number of anilines is 1. The van der Waals surface area contributed by atoms with Crippen molar-refractivity contribution in [1.29, 1.82) is 0 Å². The molecule has 1 aliphatic rings. The summed E-state index contributed by atoms with van der Waals surface area (Å²) in [7, 11) is 0. The fourth-order valence-electron chi connectivity index (χ4n) is 3.34. The molecule has 0 spiro atoms. The van der Waals surface area contributed by atoms with Gasteiger partial charge in [-0.1, -0.05) is 26.7 Å². The summed E-state index contributed by atoms with van der Waals surface area (Å²) in [6.07, 6.45) is 8.51. The van der Waals surface area contributed by atoms with Gasteiger partial charge in [0.1, 0.15) is 0 Å². The molecule has 0 radical (unpaired) electrons. The van der Waals surface area contributed by atoms with Crippen LogP contribution in [-0.4, -0.2) is 73.2 Å². The molecule has 0 aromatic carbocycles. The van der Waals surface area contributed by atoms with Crippen LogP contribution in [0.15, 0.2) is 23.5 Å². The summed E-state index contributed by atoms with van der Waals surface area (Å²) in [4.78, 5) is 18.2. The van der Waals surface area contributed by atoms with Crippen molar-refractivity contribution in [3.63, 3.8) is 0 Å². The number of nitrogens with zero attached hydrogens (tertiary/aromatic N) is 5. The lowest BCUT2D eigenvalue weighted by Gasteiger charge is -2.34. The molecule has 2 rings (SSSR count). The van der Waals surface area contributed by atoms with Gasteiger partial charge in [-0.2, -0.15) is 0 Å². The summed E-state index contributed by atoms with van der Waals surface area (Å²) >= 11 is 0. The van der Waals surface area contributed by atoms with Crippen LogP contribution in [0, 0.1) is 5.92 Å². The van der Waals surface area contributed by atoms with Gasteiger partial charge in [-0.05, 0) is 31.7 Å². The molecule has 28 heavy (non-hydrogen) atoms. The van der Waals surface area contributed by atoms with Crippen LogP contribution in [0.5, 0.6) is 0 Å². The van der Waals surface area contributed by atoms with Crippen LogP contribution in [0.4, 0.5) is 5.95 Å². The van der Waals surface area contributed by atoms with Crippen molar-refractivity contribution in [2.24, 2.45) is 10.9 Å². The minimum absolute atomic E-state index is 0.795. The van der Waals surface area contributed by atoms with Crippen molar-refractivity contribution < 1.29 is 0 Å². The molecule has 158 valence electrons. The van der Waals surface area contributed by atoms with Crippen molar-refractivity contribution in [2.45, 2.75) is 46.5 Å². The fourth-order valence-corrected chi connectivity index (χ4v) is 3.34. The van der Waals surface area contributed by atoms with Crippen molar-refractivity contribution in [2.75, 3.05) is 57.3 Å². The molecule has 0 aliphatic carbocycles. The molecular weight excluding hydrogens is 350 g/mol. The van der Waals surface area contributed by atoms with E-state index >= 15 is 0 Å². The Bertz CT molecular complexity index is 539. The van der Waals surface area contributed by atoms with E-state index in [-0.39, 0.29) is 0 Å². The molecule has 0 amide bonds. The van der Waals surface area contributed by atoms with Crippen molar-refractivity contribution in [3.8, 4) is 0 Å². The molecule has 1 saturated heterocycles. The normalized spacial score (nSPS) is 15.9. The van der Waals surface area contributed by atoms with Gasteiger partial charge in [0.05, 0.1) is 0 Å². The second-order valence-electron chi connectivity index (χ2n) is 7.81. The van der Waals surface area contributed by atoms with Crippen LogP contribution in [0.2, 0.25) is 0 Å². The summed E-state index contributed by atoms with van der Waals surface area (Å²) in [5.74, 6) is 2.60. The summed E-state index contributed by atoms with van der Waals surface area (Å²) < 4.78 is 0. The van der Waals surface area contributed by atoms with Gasteiger partial charge in [0.15, 0.2) is 5.96 Å². The first-order chi connectivity index (χ1) is 13.7. The maximum atomic E-state index is 4.73. The zero-order valence-corrected chi connectivity index (χ0v) is 18.0. The first-order valence-corrected chi connectivity index (χ1v) is 11.0. The number of hydrogen-bond acceptors (Lipinski definition) is 5. The number of aromatic nitrogens is 2. The Labute approximate surface area is 171 Å². The quantitative estimate of drug-likeness (QED) is 0.344. The van der Waals surface area contributed by atoms with Crippen molar-refractivity contribution >= 4 is 11.9 Å². The van der Waals surface area contributed by atoms with Gasteiger partial charge in [-0.15, -0.1) is 0 Å². The lowest BCUT2D eigenvalue weighted by Crippen LogP contribution is -2.47. The highest BCUT2D eigenvalue weighted by molar-refractivity contribution is 5.79. The number of guanidine groups is 1. The molecule has 2 heterocycles. The smallest absolute Gasteiger partial charge is 0.225 e. The van der Waals surface area contributed by atoms with E-state index in [0.29, 0.717) is 0 Å². The van der Waals surface area contributed by atoms with Gasteiger partial charge >= 0.3 is 0 Å². The average Bonchev–Trinajstić information content (AvgIpc) is 2.71.